The molecule has 0 aliphatic carbocycles. The fourth-order valence-electron chi connectivity index (χ4n) is 1.94. The quantitative estimate of drug-likeness (QED) is 0.741. The van der Waals surface area contributed by atoms with Gasteiger partial charge in [0.15, 0.2) is 0 Å². The number of hydrogen-bond acceptors (Lipinski definition) is 1. The molecule has 0 aliphatic rings. The van der Waals surface area contributed by atoms with Crippen LogP contribution in [0.1, 0.15) is 32.8 Å². The lowest BCUT2D eigenvalue weighted by Crippen LogP contribution is -2.29. The molecule has 3 heteroatoms. The maximum Gasteiger partial charge on any atom is 0.0462 e. The van der Waals surface area contributed by atoms with E-state index in [4.69, 9.17) is 11.6 Å². The first-order valence-corrected chi connectivity index (χ1v) is 7.21. The van der Waals surface area contributed by atoms with Gasteiger partial charge in [0.2, 0.25) is 0 Å². The zero-order valence-corrected chi connectivity index (χ0v) is 13.3. The lowest BCUT2D eigenvalue weighted by Gasteiger charge is -2.26. The van der Waals surface area contributed by atoms with E-state index < -0.39 is 0 Å². The summed E-state index contributed by atoms with van der Waals surface area (Å²) in [5.41, 5.74) is 1.19. The van der Waals surface area contributed by atoms with Crippen LogP contribution < -0.4 is 0 Å². The molecule has 0 heterocycles. The van der Waals surface area contributed by atoms with Crippen molar-refractivity contribution in [3.8, 4) is 0 Å². The van der Waals surface area contributed by atoms with E-state index in [0.29, 0.717) is 6.04 Å². The van der Waals surface area contributed by atoms with Gasteiger partial charge in [0.25, 0.3) is 0 Å². The Morgan fingerprint density at radius 2 is 1.94 bits per heavy atom. The third kappa shape index (κ3) is 4.99. The molecule has 1 atom stereocenters. The largest absolute Gasteiger partial charge is 0.299 e. The lowest BCUT2D eigenvalue weighted by atomic mass is 10.0. The molecule has 0 aliphatic heterocycles. The van der Waals surface area contributed by atoms with Crippen molar-refractivity contribution in [1.82, 2.24) is 4.90 Å². The van der Waals surface area contributed by atoms with Gasteiger partial charge in [-0.2, -0.15) is 0 Å². The molecule has 0 amide bonds. The van der Waals surface area contributed by atoms with Crippen LogP contribution in [0.15, 0.2) is 22.7 Å². The Balaban J connectivity index is 2.64. The molecule has 0 saturated heterocycles. The zero-order chi connectivity index (χ0) is 13.0. The molecule has 0 bridgehead atoms. The van der Waals surface area contributed by atoms with Gasteiger partial charge >= 0.3 is 0 Å². The Bertz CT molecular complexity index is 365. The summed E-state index contributed by atoms with van der Waals surface area (Å²) < 4.78 is 1.03. The Morgan fingerprint density at radius 3 is 2.47 bits per heavy atom. The van der Waals surface area contributed by atoms with E-state index in [1.165, 1.54) is 12.0 Å². The van der Waals surface area contributed by atoms with Crippen LogP contribution in [0.25, 0.3) is 0 Å². The third-order valence-electron chi connectivity index (χ3n) is 3.00. The van der Waals surface area contributed by atoms with Crippen LogP contribution in [-0.2, 0) is 6.54 Å². The molecule has 1 nitrogen and oxygen atoms in total. The summed E-state index contributed by atoms with van der Waals surface area (Å²) >= 11 is 9.65. The molecule has 0 radical (unpaired) electrons. The number of benzene rings is 1. The minimum atomic E-state index is 0.578. The van der Waals surface area contributed by atoms with Crippen molar-refractivity contribution < 1.29 is 0 Å². The highest BCUT2D eigenvalue weighted by atomic mass is 79.9. The topological polar surface area (TPSA) is 3.24 Å². The summed E-state index contributed by atoms with van der Waals surface area (Å²) in [6.45, 7) is 7.70. The summed E-state index contributed by atoms with van der Waals surface area (Å²) in [4.78, 5) is 2.36. The smallest absolute Gasteiger partial charge is 0.0462 e. The average molecular weight is 319 g/mol. The van der Waals surface area contributed by atoms with Gasteiger partial charge in [0, 0.05) is 22.1 Å². The van der Waals surface area contributed by atoms with Crippen LogP contribution in [0.2, 0.25) is 5.02 Å². The van der Waals surface area contributed by atoms with Crippen molar-refractivity contribution in [3.63, 3.8) is 0 Å². The van der Waals surface area contributed by atoms with Crippen LogP contribution in [0.4, 0.5) is 0 Å². The third-order valence-corrected chi connectivity index (χ3v) is 3.84. The minimum Gasteiger partial charge on any atom is -0.299 e. The predicted molar refractivity (Wildman–Crippen MR) is 79.5 cm³/mol. The number of rotatable bonds is 5. The van der Waals surface area contributed by atoms with Crippen molar-refractivity contribution in [2.75, 3.05) is 7.05 Å². The molecule has 0 N–H and O–H groups in total. The first kappa shape index (κ1) is 15.0. The molecule has 0 saturated carbocycles. The van der Waals surface area contributed by atoms with Crippen LogP contribution in [-0.4, -0.2) is 18.0 Å². The molecule has 1 unspecified atom stereocenters. The van der Waals surface area contributed by atoms with E-state index in [-0.39, 0.29) is 0 Å². The first-order chi connectivity index (χ1) is 7.90. The van der Waals surface area contributed by atoms with E-state index in [1.54, 1.807) is 0 Å². The molecule has 1 aromatic rings. The standard InChI is InChI=1S/C14H21BrClN/c1-10(2)7-11(3)17(4)9-12-5-6-13(15)8-14(12)16/h5-6,8,10-11H,7,9H2,1-4H3. The monoisotopic (exact) mass is 317 g/mol. The van der Waals surface area contributed by atoms with Crippen molar-refractivity contribution in [1.29, 1.82) is 0 Å². The minimum absolute atomic E-state index is 0.578. The molecule has 1 aromatic carbocycles. The molecule has 1 rings (SSSR count). The van der Waals surface area contributed by atoms with Crippen LogP contribution in [0.5, 0.6) is 0 Å². The van der Waals surface area contributed by atoms with E-state index >= 15 is 0 Å². The highest BCUT2D eigenvalue weighted by Crippen LogP contribution is 2.23. The molecule has 0 aromatic heterocycles. The SMILES string of the molecule is CC(C)CC(C)N(C)Cc1ccc(Br)cc1Cl. The number of nitrogens with zero attached hydrogens (tertiary/aromatic N) is 1. The molecule has 96 valence electrons. The van der Waals surface area contributed by atoms with Gasteiger partial charge < -0.3 is 0 Å². The van der Waals surface area contributed by atoms with Crippen molar-refractivity contribution >= 4 is 27.5 Å². The van der Waals surface area contributed by atoms with E-state index in [2.05, 4.69) is 54.7 Å². The van der Waals surface area contributed by atoms with Gasteiger partial charge in [-0.1, -0.05) is 47.4 Å². The van der Waals surface area contributed by atoms with Crippen LogP contribution in [0, 0.1) is 5.92 Å². The molecular weight excluding hydrogens is 298 g/mol. The summed E-state index contributed by atoms with van der Waals surface area (Å²) in [5.74, 6) is 0.729. The van der Waals surface area contributed by atoms with Gasteiger partial charge in [-0.15, -0.1) is 0 Å². The summed E-state index contributed by atoms with van der Waals surface area (Å²) in [6, 6.07) is 6.67. The van der Waals surface area contributed by atoms with Gasteiger partial charge in [0.1, 0.15) is 0 Å². The van der Waals surface area contributed by atoms with E-state index in [9.17, 15) is 0 Å². The van der Waals surface area contributed by atoms with Gasteiger partial charge in [0.05, 0.1) is 0 Å². The summed E-state index contributed by atoms with van der Waals surface area (Å²) in [6.07, 6.45) is 1.21. The van der Waals surface area contributed by atoms with Gasteiger partial charge in [-0.25, -0.2) is 0 Å². The first-order valence-electron chi connectivity index (χ1n) is 6.04. The van der Waals surface area contributed by atoms with Crippen LogP contribution in [0.3, 0.4) is 0 Å². The second-order valence-corrected chi connectivity index (χ2v) is 6.45. The predicted octanol–water partition coefficient (Wildman–Crippen LogP) is 4.97. The molecule has 0 spiro atoms. The Kier molecular flexibility index (Phi) is 5.98. The Morgan fingerprint density at radius 1 is 1.29 bits per heavy atom. The normalized spacial score (nSPS) is 13.4. The molecular formula is C14H21BrClN. The lowest BCUT2D eigenvalue weighted by molar-refractivity contribution is 0.220. The van der Waals surface area contributed by atoms with E-state index in [1.807, 2.05) is 12.1 Å². The van der Waals surface area contributed by atoms with Crippen molar-refractivity contribution in [2.45, 2.75) is 39.8 Å². The zero-order valence-electron chi connectivity index (χ0n) is 11.0. The maximum atomic E-state index is 6.23. The van der Waals surface area contributed by atoms with E-state index in [0.717, 1.165) is 22.0 Å². The maximum absolute atomic E-state index is 6.23. The van der Waals surface area contributed by atoms with Crippen LogP contribution >= 0.6 is 27.5 Å². The second-order valence-electron chi connectivity index (χ2n) is 5.13. The number of halogens is 2. The second kappa shape index (κ2) is 6.77. The highest BCUT2D eigenvalue weighted by Gasteiger charge is 2.12. The van der Waals surface area contributed by atoms with Gasteiger partial charge in [-0.3, -0.25) is 4.90 Å². The summed E-state index contributed by atoms with van der Waals surface area (Å²) in [5, 5.41) is 0.836. The van der Waals surface area contributed by atoms with Crippen molar-refractivity contribution in [3.05, 3.63) is 33.3 Å². The average Bonchev–Trinajstić information content (AvgIpc) is 2.21. The Hall–Kier alpha value is -0.0500. The highest BCUT2D eigenvalue weighted by molar-refractivity contribution is 9.10. The number of hydrogen-bond donors (Lipinski definition) is 0. The molecule has 0 fully saturated rings. The molecule has 17 heavy (non-hydrogen) atoms. The Labute approximate surface area is 118 Å². The van der Waals surface area contributed by atoms with Gasteiger partial charge in [-0.05, 0) is 44.0 Å². The van der Waals surface area contributed by atoms with Crippen molar-refractivity contribution in [2.24, 2.45) is 5.92 Å². The fraction of sp³-hybridized carbons (Fsp3) is 0.571. The summed E-state index contributed by atoms with van der Waals surface area (Å²) in [7, 11) is 2.16. The fourth-order valence-corrected chi connectivity index (χ4v) is 2.67.